The molecule has 0 saturated carbocycles. The number of ether oxygens (including phenoxy) is 2. The van der Waals surface area contributed by atoms with E-state index in [1.807, 2.05) is 13.8 Å². The lowest BCUT2D eigenvalue weighted by atomic mass is 9.90. The van der Waals surface area contributed by atoms with Crippen molar-refractivity contribution in [1.29, 1.82) is 0 Å². The number of ketones is 1. The summed E-state index contributed by atoms with van der Waals surface area (Å²) in [6.07, 6.45) is 1.79. The van der Waals surface area contributed by atoms with Crippen molar-refractivity contribution in [3.8, 4) is 0 Å². The number of Topliss-reactive ketones (excluding diaryl/α,β-unsaturated/α-hetero) is 1. The predicted octanol–water partition coefficient (Wildman–Crippen LogP) is -1.07. The molecule has 5 N–H and O–H groups in total. The molecule has 0 spiro atoms. The number of nitrogens with zero attached hydrogens (tertiary/aromatic N) is 3. The molecule has 0 fully saturated rings. The topological polar surface area (TPSA) is 167 Å². The molecule has 0 aliphatic rings. The Labute approximate surface area is 183 Å². The predicted molar refractivity (Wildman–Crippen MR) is 112 cm³/mol. The molecule has 0 atom stereocenters. The molecule has 0 radical (unpaired) electrons. The number of rotatable bonds is 17. The molecule has 0 unspecified atom stereocenters. The van der Waals surface area contributed by atoms with Gasteiger partial charge in [-0.3, -0.25) is 4.68 Å². The molecule has 11 heteroatoms. The first-order valence-corrected chi connectivity index (χ1v) is 10.6. The van der Waals surface area contributed by atoms with Crippen LogP contribution in [0.4, 0.5) is 0 Å². The van der Waals surface area contributed by atoms with Crippen molar-refractivity contribution in [2.75, 3.05) is 46.2 Å². The zero-order chi connectivity index (χ0) is 23.7. The standard InChI is InChI=1S/C18H33N3O8.C2H6/c1-14(27)3-2-4-15-5-21(20-19-15)10-18(11-26,12-28-16(6-22)7-23)13-29-17(8-24)9-25;1-2/h5,16-17,22-26H,2-4,6-13H2,1H3;1-2H3. The van der Waals surface area contributed by atoms with Gasteiger partial charge < -0.3 is 39.8 Å². The molecule has 0 bridgehead atoms. The van der Waals surface area contributed by atoms with Gasteiger partial charge in [0.05, 0.1) is 63.9 Å². The maximum Gasteiger partial charge on any atom is 0.129 e. The molecule has 0 saturated heterocycles. The number of aryl methyl sites for hydroxylation is 1. The van der Waals surface area contributed by atoms with Crippen LogP contribution in [0, 0.1) is 5.41 Å². The summed E-state index contributed by atoms with van der Waals surface area (Å²) in [4.78, 5) is 11.1. The van der Waals surface area contributed by atoms with Gasteiger partial charge in [0.25, 0.3) is 0 Å². The molecule has 1 aromatic heterocycles. The summed E-state index contributed by atoms with van der Waals surface area (Å²) in [7, 11) is 0. The third-order valence-electron chi connectivity index (χ3n) is 4.45. The van der Waals surface area contributed by atoms with Crippen LogP contribution in [0.15, 0.2) is 6.20 Å². The first-order valence-electron chi connectivity index (χ1n) is 10.6. The Balaban J connectivity index is 0.00000436. The summed E-state index contributed by atoms with van der Waals surface area (Å²) in [5.74, 6) is 0.107. The number of aromatic nitrogens is 3. The molecule has 1 heterocycles. The van der Waals surface area contributed by atoms with Crippen LogP contribution in [0.1, 0.15) is 39.3 Å². The summed E-state index contributed by atoms with van der Waals surface area (Å²) in [6.45, 7) is 3.60. The van der Waals surface area contributed by atoms with Gasteiger partial charge in [0.15, 0.2) is 0 Å². The Bertz CT molecular complexity index is 561. The third-order valence-corrected chi connectivity index (χ3v) is 4.45. The molecule has 1 rings (SSSR count). The maximum absolute atomic E-state index is 11.1. The normalized spacial score (nSPS) is 11.7. The molecule has 31 heavy (non-hydrogen) atoms. The van der Waals surface area contributed by atoms with Crippen LogP contribution in [0.5, 0.6) is 0 Å². The average molecular weight is 450 g/mol. The fourth-order valence-electron chi connectivity index (χ4n) is 2.58. The maximum atomic E-state index is 11.1. The van der Waals surface area contributed by atoms with Gasteiger partial charge in [0.1, 0.15) is 18.0 Å². The Kier molecular flexibility index (Phi) is 16.3. The van der Waals surface area contributed by atoms with E-state index in [0.29, 0.717) is 25.0 Å². The van der Waals surface area contributed by atoms with Crippen LogP contribution in [0.2, 0.25) is 0 Å². The van der Waals surface area contributed by atoms with Gasteiger partial charge in [-0.15, -0.1) is 5.10 Å². The average Bonchev–Trinajstić information content (AvgIpc) is 3.22. The monoisotopic (exact) mass is 449 g/mol. The summed E-state index contributed by atoms with van der Waals surface area (Å²) < 4.78 is 12.5. The second-order valence-electron chi connectivity index (χ2n) is 7.22. The highest BCUT2D eigenvalue weighted by Crippen LogP contribution is 2.22. The molecule has 0 aliphatic heterocycles. The number of aliphatic hydroxyl groups excluding tert-OH is 5. The van der Waals surface area contributed by atoms with Gasteiger partial charge in [-0.25, -0.2) is 0 Å². The van der Waals surface area contributed by atoms with Crippen molar-refractivity contribution in [2.24, 2.45) is 5.41 Å². The van der Waals surface area contributed by atoms with E-state index >= 15 is 0 Å². The van der Waals surface area contributed by atoms with Crippen molar-refractivity contribution in [1.82, 2.24) is 15.0 Å². The summed E-state index contributed by atoms with van der Waals surface area (Å²) in [5.41, 5.74) is -0.317. The third kappa shape index (κ3) is 11.6. The van der Waals surface area contributed by atoms with Crippen molar-refractivity contribution < 1.29 is 39.8 Å². The summed E-state index contributed by atoms with van der Waals surface area (Å²) >= 11 is 0. The minimum atomic E-state index is -1.02. The first kappa shape index (κ1) is 29.5. The molecular weight excluding hydrogens is 410 g/mol. The minimum Gasteiger partial charge on any atom is -0.396 e. The Morgan fingerprint density at radius 2 is 1.55 bits per heavy atom. The highest BCUT2D eigenvalue weighted by atomic mass is 16.5. The molecule has 1 aromatic rings. The van der Waals surface area contributed by atoms with Crippen molar-refractivity contribution in [3.63, 3.8) is 0 Å². The van der Waals surface area contributed by atoms with E-state index in [2.05, 4.69) is 10.3 Å². The molecule has 0 amide bonds. The second kappa shape index (κ2) is 17.1. The van der Waals surface area contributed by atoms with Crippen molar-refractivity contribution >= 4 is 5.78 Å². The Hall–Kier alpha value is -1.47. The van der Waals surface area contributed by atoms with E-state index in [1.165, 1.54) is 11.6 Å². The van der Waals surface area contributed by atoms with E-state index in [4.69, 9.17) is 9.47 Å². The largest absolute Gasteiger partial charge is 0.396 e. The van der Waals surface area contributed by atoms with Crippen molar-refractivity contribution in [2.45, 2.75) is 58.8 Å². The van der Waals surface area contributed by atoms with Crippen LogP contribution in [-0.4, -0.2) is 105 Å². The number of hydrogen-bond acceptors (Lipinski definition) is 10. The van der Waals surface area contributed by atoms with E-state index in [-0.39, 0.29) is 32.1 Å². The van der Waals surface area contributed by atoms with Crippen molar-refractivity contribution in [3.05, 3.63) is 11.9 Å². The molecule has 0 aliphatic carbocycles. The zero-order valence-corrected chi connectivity index (χ0v) is 18.8. The zero-order valence-electron chi connectivity index (χ0n) is 18.8. The van der Waals surface area contributed by atoms with Crippen LogP contribution >= 0.6 is 0 Å². The Morgan fingerprint density at radius 1 is 1.03 bits per heavy atom. The quantitative estimate of drug-likeness (QED) is 0.198. The first-order chi connectivity index (χ1) is 14.9. The summed E-state index contributed by atoms with van der Waals surface area (Å²) in [5, 5.41) is 55.0. The number of carbonyl (C=O) groups is 1. The molecule has 182 valence electrons. The lowest BCUT2D eigenvalue weighted by Gasteiger charge is -2.33. The van der Waals surface area contributed by atoms with Gasteiger partial charge >= 0.3 is 0 Å². The molecule has 0 aromatic carbocycles. The van der Waals surface area contributed by atoms with Crippen LogP contribution < -0.4 is 0 Å². The van der Waals surface area contributed by atoms with Gasteiger partial charge in [0.2, 0.25) is 0 Å². The molecule has 11 nitrogen and oxygen atoms in total. The lowest BCUT2D eigenvalue weighted by Crippen LogP contribution is -2.44. The lowest BCUT2D eigenvalue weighted by molar-refractivity contribution is -0.123. The molecular formula is C20H39N3O8. The van der Waals surface area contributed by atoms with Crippen LogP contribution in [-0.2, 0) is 27.2 Å². The van der Waals surface area contributed by atoms with Gasteiger partial charge in [0, 0.05) is 12.6 Å². The highest BCUT2D eigenvalue weighted by molar-refractivity contribution is 5.75. The fraction of sp³-hybridized carbons (Fsp3) is 0.850. The number of hydrogen-bond donors (Lipinski definition) is 5. The second-order valence-corrected chi connectivity index (χ2v) is 7.22. The van der Waals surface area contributed by atoms with Gasteiger partial charge in [-0.1, -0.05) is 19.1 Å². The van der Waals surface area contributed by atoms with E-state index < -0.39 is 44.1 Å². The fourth-order valence-corrected chi connectivity index (χ4v) is 2.58. The smallest absolute Gasteiger partial charge is 0.129 e. The van der Waals surface area contributed by atoms with E-state index in [0.717, 1.165) is 0 Å². The van der Waals surface area contributed by atoms with Gasteiger partial charge in [-0.05, 0) is 19.8 Å². The van der Waals surface area contributed by atoms with Crippen LogP contribution in [0.25, 0.3) is 0 Å². The van der Waals surface area contributed by atoms with E-state index in [9.17, 15) is 30.3 Å². The highest BCUT2D eigenvalue weighted by Gasteiger charge is 2.34. The van der Waals surface area contributed by atoms with Crippen LogP contribution in [0.3, 0.4) is 0 Å². The number of aliphatic hydroxyl groups is 5. The SMILES string of the molecule is CC.CC(=O)CCCc1cn(CC(CO)(COC(CO)CO)COC(CO)CO)nn1. The minimum absolute atomic E-state index is 0.0710. The number of carbonyl (C=O) groups excluding carboxylic acids is 1. The van der Waals surface area contributed by atoms with Gasteiger partial charge in [-0.2, -0.15) is 0 Å². The van der Waals surface area contributed by atoms with E-state index in [1.54, 1.807) is 6.20 Å². The Morgan fingerprint density at radius 3 is 1.97 bits per heavy atom. The summed E-state index contributed by atoms with van der Waals surface area (Å²) in [6, 6.07) is 0.